The lowest BCUT2D eigenvalue weighted by atomic mass is 9.89. The largest absolute Gasteiger partial charge is 0.372 e. The van der Waals surface area contributed by atoms with E-state index in [1.165, 1.54) is 5.56 Å². The summed E-state index contributed by atoms with van der Waals surface area (Å²) >= 11 is 0. The fraction of sp³-hybridized carbons (Fsp3) is 0.300. The SMILES string of the molecule is CC1CN(c2ccc(-c3cnc4c(-c5ccc(C#N)cc5)cccc4c3C(C)C)cn2)CC(C)O1. The van der Waals surface area contributed by atoms with E-state index >= 15 is 0 Å². The molecule has 2 unspecified atom stereocenters. The van der Waals surface area contributed by atoms with E-state index in [2.05, 4.69) is 69.0 Å². The Labute approximate surface area is 207 Å². The van der Waals surface area contributed by atoms with Crippen molar-refractivity contribution in [2.24, 2.45) is 0 Å². The Morgan fingerprint density at radius 3 is 2.23 bits per heavy atom. The summed E-state index contributed by atoms with van der Waals surface area (Å²) in [6, 6.07) is 20.5. The zero-order valence-corrected chi connectivity index (χ0v) is 20.7. The van der Waals surface area contributed by atoms with Gasteiger partial charge in [-0.1, -0.05) is 44.2 Å². The van der Waals surface area contributed by atoms with Gasteiger partial charge in [-0.3, -0.25) is 4.98 Å². The van der Waals surface area contributed by atoms with Gasteiger partial charge < -0.3 is 9.64 Å². The average Bonchev–Trinajstić information content (AvgIpc) is 2.87. The number of anilines is 1. The molecule has 5 rings (SSSR count). The van der Waals surface area contributed by atoms with Gasteiger partial charge in [-0.2, -0.15) is 5.26 Å². The second-order valence-electron chi connectivity index (χ2n) is 9.70. The van der Waals surface area contributed by atoms with Crippen LogP contribution in [0.2, 0.25) is 0 Å². The maximum Gasteiger partial charge on any atom is 0.128 e. The van der Waals surface area contributed by atoms with Crippen LogP contribution >= 0.6 is 0 Å². The molecule has 2 atom stereocenters. The fourth-order valence-electron chi connectivity index (χ4n) is 5.15. The van der Waals surface area contributed by atoms with Crippen LogP contribution in [0, 0.1) is 11.3 Å². The summed E-state index contributed by atoms with van der Waals surface area (Å²) < 4.78 is 5.88. The molecule has 3 heterocycles. The standard InChI is InChI=1S/C30H30N4O/c1-19(2)29-26-7-5-6-25(23-10-8-22(14-31)9-11-23)30(26)33-16-27(29)24-12-13-28(32-15-24)34-17-20(3)35-21(4)18-34/h5-13,15-16,19-21H,17-18H2,1-4H3. The summed E-state index contributed by atoms with van der Waals surface area (Å²) in [7, 11) is 0. The number of ether oxygens (including phenoxy) is 1. The van der Waals surface area contributed by atoms with E-state index in [1.807, 2.05) is 36.7 Å². The van der Waals surface area contributed by atoms with Crippen LogP contribution in [0.3, 0.4) is 0 Å². The number of hydrogen-bond acceptors (Lipinski definition) is 5. The second-order valence-corrected chi connectivity index (χ2v) is 9.70. The van der Waals surface area contributed by atoms with Gasteiger partial charge in [0.05, 0.1) is 29.4 Å². The van der Waals surface area contributed by atoms with Crippen LogP contribution in [0.1, 0.15) is 44.7 Å². The van der Waals surface area contributed by atoms with Crippen LogP contribution in [0.4, 0.5) is 5.82 Å². The maximum absolute atomic E-state index is 9.15. The van der Waals surface area contributed by atoms with Crippen molar-refractivity contribution < 1.29 is 4.74 Å². The van der Waals surface area contributed by atoms with E-state index < -0.39 is 0 Å². The fourth-order valence-corrected chi connectivity index (χ4v) is 5.15. The van der Waals surface area contributed by atoms with E-state index in [0.717, 1.165) is 52.1 Å². The zero-order valence-electron chi connectivity index (χ0n) is 20.7. The minimum absolute atomic E-state index is 0.197. The molecule has 1 aliphatic rings. The first-order valence-corrected chi connectivity index (χ1v) is 12.2. The molecule has 0 N–H and O–H groups in total. The number of nitriles is 1. The molecule has 4 aromatic rings. The van der Waals surface area contributed by atoms with Gasteiger partial charge in [-0.05, 0) is 55.2 Å². The lowest BCUT2D eigenvalue weighted by Crippen LogP contribution is -2.45. The first-order chi connectivity index (χ1) is 16.9. The van der Waals surface area contributed by atoms with E-state index in [0.29, 0.717) is 11.5 Å². The minimum Gasteiger partial charge on any atom is -0.372 e. The molecule has 176 valence electrons. The van der Waals surface area contributed by atoms with Crippen LogP contribution in [-0.4, -0.2) is 35.3 Å². The number of aromatic nitrogens is 2. The van der Waals surface area contributed by atoms with Crippen LogP contribution < -0.4 is 4.90 Å². The number of benzene rings is 2. The molecular formula is C30H30N4O. The van der Waals surface area contributed by atoms with Crippen molar-refractivity contribution in [3.05, 3.63) is 78.1 Å². The van der Waals surface area contributed by atoms with Crippen molar-refractivity contribution in [1.82, 2.24) is 9.97 Å². The van der Waals surface area contributed by atoms with Gasteiger partial charge in [0.2, 0.25) is 0 Å². The lowest BCUT2D eigenvalue weighted by Gasteiger charge is -2.36. The summed E-state index contributed by atoms with van der Waals surface area (Å²) in [5.41, 5.74) is 7.23. The van der Waals surface area contributed by atoms with Crippen molar-refractivity contribution in [3.63, 3.8) is 0 Å². The summed E-state index contributed by atoms with van der Waals surface area (Å²) in [5.74, 6) is 1.30. The Morgan fingerprint density at radius 2 is 1.60 bits per heavy atom. The number of rotatable bonds is 4. The van der Waals surface area contributed by atoms with E-state index in [9.17, 15) is 0 Å². The van der Waals surface area contributed by atoms with Gasteiger partial charge in [0.25, 0.3) is 0 Å². The van der Waals surface area contributed by atoms with E-state index in [1.54, 1.807) is 0 Å². The van der Waals surface area contributed by atoms with Crippen molar-refractivity contribution in [3.8, 4) is 28.3 Å². The van der Waals surface area contributed by atoms with Crippen LogP contribution in [-0.2, 0) is 4.74 Å². The lowest BCUT2D eigenvalue weighted by molar-refractivity contribution is -0.00545. The molecule has 1 saturated heterocycles. The summed E-state index contributed by atoms with van der Waals surface area (Å²) in [6.07, 6.45) is 4.35. The third-order valence-corrected chi connectivity index (χ3v) is 6.64. The molecule has 0 amide bonds. The molecule has 35 heavy (non-hydrogen) atoms. The molecule has 1 fully saturated rings. The molecule has 0 saturated carbocycles. The summed E-state index contributed by atoms with van der Waals surface area (Å²) in [4.78, 5) is 12.1. The maximum atomic E-state index is 9.15. The Hall–Kier alpha value is -3.75. The Balaban J connectivity index is 1.56. The smallest absolute Gasteiger partial charge is 0.128 e. The van der Waals surface area contributed by atoms with Crippen LogP contribution in [0.25, 0.3) is 33.2 Å². The first-order valence-electron chi connectivity index (χ1n) is 12.2. The number of para-hydroxylation sites is 1. The average molecular weight is 463 g/mol. The van der Waals surface area contributed by atoms with Crippen molar-refractivity contribution >= 4 is 16.7 Å². The Kier molecular flexibility index (Phi) is 6.23. The number of pyridine rings is 2. The molecule has 1 aliphatic heterocycles. The highest BCUT2D eigenvalue weighted by Gasteiger charge is 2.23. The van der Waals surface area contributed by atoms with Crippen LogP contribution in [0.5, 0.6) is 0 Å². The summed E-state index contributed by atoms with van der Waals surface area (Å²) in [5, 5.41) is 10.3. The zero-order chi connectivity index (χ0) is 24.5. The van der Waals surface area contributed by atoms with E-state index in [-0.39, 0.29) is 12.2 Å². The highest BCUT2D eigenvalue weighted by Crippen LogP contribution is 2.37. The molecule has 2 aromatic carbocycles. The minimum atomic E-state index is 0.197. The van der Waals surface area contributed by atoms with Gasteiger partial charge in [-0.15, -0.1) is 0 Å². The molecule has 0 aliphatic carbocycles. The van der Waals surface area contributed by atoms with Gasteiger partial charge in [0.1, 0.15) is 5.82 Å². The predicted molar refractivity (Wildman–Crippen MR) is 141 cm³/mol. The van der Waals surface area contributed by atoms with Gasteiger partial charge in [0.15, 0.2) is 0 Å². The van der Waals surface area contributed by atoms with Crippen molar-refractivity contribution in [2.75, 3.05) is 18.0 Å². The van der Waals surface area contributed by atoms with Crippen LogP contribution in [0.15, 0.2) is 67.0 Å². The third-order valence-electron chi connectivity index (χ3n) is 6.64. The topological polar surface area (TPSA) is 62.0 Å². The second kappa shape index (κ2) is 9.48. The molecular weight excluding hydrogens is 432 g/mol. The molecule has 0 radical (unpaired) electrons. The molecule has 5 heteroatoms. The number of fused-ring (bicyclic) bond motifs is 1. The van der Waals surface area contributed by atoms with Crippen molar-refractivity contribution in [2.45, 2.75) is 45.8 Å². The number of hydrogen-bond donors (Lipinski definition) is 0. The predicted octanol–water partition coefficient (Wildman–Crippen LogP) is 6.57. The molecule has 2 aromatic heterocycles. The highest BCUT2D eigenvalue weighted by atomic mass is 16.5. The first kappa shape index (κ1) is 23.0. The summed E-state index contributed by atoms with van der Waals surface area (Å²) in [6.45, 7) is 10.4. The van der Waals surface area contributed by atoms with Gasteiger partial charge in [-0.25, -0.2) is 4.98 Å². The molecule has 5 nitrogen and oxygen atoms in total. The third kappa shape index (κ3) is 4.50. The quantitative estimate of drug-likeness (QED) is 0.343. The van der Waals surface area contributed by atoms with Crippen molar-refractivity contribution in [1.29, 1.82) is 5.26 Å². The van der Waals surface area contributed by atoms with Gasteiger partial charge >= 0.3 is 0 Å². The molecule has 0 spiro atoms. The Morgan fingerprint density at radius 1 is 0.886 bits per heavy atom. The number of nitrogens with zero attached hydrogens (tertiary/aromatic N) is 4. The van der Waals surface area contributed by atoms with E-state index in [4.69, 9.17) is 20.0 Å². The monoisotopic (exact) mass is 462 g/mol. The number of morpholine rings is 1. The van der Waals surface area contributed by atoms with Gasteiger partial charge in [0, 0.05) is 47.6 Å². The highest BCUT2D eigenvalue weighted by molar-refractivity contribution is 5.98. The normalized spacial score (nSPS) is 18.1. The molecule has 0 bridgehead atoms. The Bertz CT molecular complexity index is 1380.